The molecule has 3 aromatic rings. The second-order valence-electron chi connectivity index (χ2n) is 14.4. The highest BCUT2D eigenvalue weighted by molar-refractivity contribution is 5.93. The monoisotopic (exact) mass is 735 g/mol. The summed E-state index contributed by atoms with van der Waals surface area (Å²) in [6.07, 6.45) is 5.71. The number of likely N-dealkylation sites (N-methyl/N-ethyl adjacent to an activating group) is 1. The van der Waals surface area contributed by atoms with Crippen molar-refractivity contribution in [2.45, 2.75) is 103 Å². The number of aromatic amines is 1. The molecule has 53 heavy (non-hydrogen) atoms. The fourth-order valence-electron chi connectivity index (χ4n) is 6.14. The van der Waals surface area contributed by atoms with Crippen LogP contribution in [0.1, 0.15) is 77.3 Å². The van der Waals surface area contributed by atoms with Gasteiger partial charge in [-0.25, -0.2) is 9.80 Å². The lowest BCUT2D eigenvalue weighted by Crippen LogP contribution is -2.57. The average molecular weight is 736 g/mol. The maximum atomic E-state index is 14.5. The van der Waals surface area contributed by atoms with E-state index >= 15 is 0 Å². The Morgan fingerprint density at radius 3 is 2.34 bits per heavy atom. The van der Waals surface area contributed by atoms with Crippen molar-refractivity contribution in [3.8, 4) is 0 Å². The minimum Gasteiger partial charge on any atom is -0.444 e. The Balaban J connectivity index is 2.00. The average Bonchev–Trinajstić information content (AvgIpc) is 3.49. The summed E-state index contributed by atoms with van der Waals surface area (Å²) in [4.78, 5) is 58.3. The van der Waals surface area contributed by atoms with Crippen LogP contribution >= 0.6 is 0 Å². The normalized spacial score (nSPS) is 13.2. The summed E-state index contributed by atoms with van der Waals surface area (Å²) in [6.45, 7) is 8.10. The van der Waals surface area contributed by atoms with Gasteiger partial charge >= 0.3 is 6.09 Å². The molecule has 0 spiro atoms. The summed E-state index contributed by atoms with van der Waals surface area (Å²) in [5.74, 6) is -1.90. The van der Waals surface area contributed by atoms with E-state index in [9.17, 15) is 24.5 Å². The molecule has 0 saturated carbocycles. The van der Waals surface area contributed by atoms with E-state index < -0.39 is 59.1 Å². The Morgan fingerprint density at radius 2 is 1.68 bits per heavy atom. The Labute approximate surface area is 312 Å². The van der Waals surface area contributed by atoms with Crippen LogP contribution in [-0.2, 0) is 27.2 Å². The number of benzene rings is 2. The van der Waals surface area contributed by atoms with Crippen molar-refractivity contribution in [1.29, 1.82) is 0 Å². The molecule has 0 aliphatic carbocycles. The Morgan fingerprint density at radius 1 is 0.981 bits per heavy atom. The number of nitrogens with one attached hydrogen (secondary N) is 3. The number of carbonyl (C=O) groups is 3. The maximum Gasteiger partial charge on any atom is 0.408 e. The SMILES string of the molecule is CCCCCCN(C)CC(Cc1c[nH]c2ccccc12)NC(=O)C(CCC[N+](=O)[O-])N(N=C(N)N)C(=O)C(Cc1ccccc1)NC(=O)OC(C)(C)C. The van der Waals surface area contributed by atoms with Crippen LogP contribution in [0.4, 0.5) is 4.79 Å². The third-order valence-corrected chi connectivity index (χ3v) is 8.55. The van der Waals surface area contributed by atoms with Crippen molar-refractivity contribution in [2.75, 3.05) is 26.7 Å². The van der Waals surface area contributed by atoms with Crippen molar-refractivity contribution < 1.29 is 24.0 Å². The highest BCUT2D eigenvalue weighted by atomic mass is 16.6. The molecule has 0 saturated heterocycles. The summed E-state index contributed by atoms with van der Waals surface area (Å²) < 4.78 is 5.46. The van der Waals surface area contributed by atoms with E-state index in [1.807, 2.05) is 43.6 Å². The smallest absolute Gasteiger partial charge is 0.408 e. The fourth-order valence-corrected chi connectivity index (χ4v) is 6.14. The number of fused-ring (bicyclic) bond motifs is 1. The van der Waals surface area contributed by atoms with Gasteiger partial charge in [0.05, 0.1) is 0 Å². The zero-order valence-electron chi connectivity index (χ0n) is 31.7. The van der Waals surface area contributed by atoms with Gasteiger partial charge in [-0.05, 0) is 70.8 Å². The summed E-state index contributed by atoms with van der Waals surface area (Å²) in [7, 11) is 2.00. The summed E-state index contributed by atoms with van der Waals surface area (Å²) in [5, 5.41) is 23.1. The van der Waals surface area contributed by atoms with Crippen LogP contribution in [-0.4, -0.2) is 94.1 Å². The highest BCUT2D eigenvalue weighted by Gasteiger charge is 2.37. The molecular formula is C38H57N9O6. The van der Waals surface area contributed by atoms with E-state index in [0.717, 1.165) is 53.7 Å². The second-order valence-corrected chi connectivity index (χ2v) is 14.4. The molecule has 0 bridgehead atoms. The van der Waals surface area contributed by atoms with Gasteiger partial charge in [0.1, 0.15) is 17.7 Å². The van der Waals surface area contributed by atoms with Gasteiger partial charge in [-0.1, -0.05) is 74.7 Å². The van der Waals surface area contributed by atoms with Gasteiger partial charge in [0.2, 0.25) is 18.4 Å². The number of para-hydroxylation sites is 1. The number of hydrogen-bond acceptors (Lipinski definition) is 8. The van der Waals surface area contributed by atoms with Crippen LogP contribution in [0.15, 0.2) is 65.9 Å². The quantitative estimate of drug-likeness (QED) is 0.0347. The zero-order chi connectivity index (χ0) is 39.0. The number of hydrogen-bond donors (Lipinski definition) is 5. The minimum absolute atomic E-state index is 0.0185. The largest absolute Gasteiger partial charge is 0.444 e. The maximum absolute atomic E-state index is 14.5. The lowest BCUT2D eigenvalue weighted by atomic mass is 10.0. The molecule has 15 heteroatoms. The van der Waals surface area contributed by atoms with Gasteiger partial charge in [-0.3, -0.25) is 19.7 Å². The van der Waals surface area contributed by atoms with Gasteiger partial charge in [0, 0.05) is 47.5 Å². The van der Waals surface area contributed by atoms with Crippen molar-refractivity contribution in [1.82, 2.24) is 25.5 Å². The number of nitro groups is 1. The predicted octanol–water partition coefficient (Wildman–Crippen LogP) is 4.29. The van der Waals surface area contributed by atoms with Crippen LogP contribution in [0.5, 0.6) is 0 Å². The predicted molar refractivity (Wildman–Crippen MR) is 206 cm³/mol. The molecule has 15 nitrogen and oxygen atoms in total. The van der Waals surface area contributed by atoms with Gasteiger partial charge in [0.25, 0.3) is 5.91 Å². The third-order valence-electron chi connectivity index (χ3n) is 8.55. The topological polar surface area (TPSA) is 214 Å². The number of carbonyl (C=O) groups excluding carboxylic acids is 3. The minimum atomic E-state index is -1.36. The molecule has 2 aromatic carbocycles. The van der Waals surface area contributed by atoms with Crippen LogP contribution in [0.3, 0.4) is 0 Å². The number of unbranched alkanes of at least 4 members (excludes halogenated alkanes) is 3. The molecule has 3 unspecified atom stereocenters. The molecule has 3 amide bonds. The number of alkyl carbamates (subject to hydrolysis) is 1. The number of nitrogens with zero attached hydrogens (tertiary/aromatic N) is 4. The van der Waals surface area contributed by atoms with E-state index in [2.05, 4.69) is 32.5 Å². The third kappa shape index (κ3) is 14.8. The standard InChI is InChI=1S/C38H57N9O6/c1-6-7-8-14-21-45(5)26-29(24-28-25-41-31-19-13-12-18-30(28)31)42-34(48)33(20-15-22-46(51)52)47(44-36(39)40)35(49)32(23-27-16-10-9-11-17-27)43-37(50)53-38(2,3)4/h9-13,16-19,25,29,32-33,41H,6-8,14-15,20-24,26H2,1-5H3,(H,42,48)(H,43,50)(H4,39,40,44). The number of ether oxygens (including phenoxy) is 1. The Hall–Kier alpha value is -5.18. The van der Waals surface area contributed by atoms with Crippen LogP contribution in [0.2, 0.25) is 0 Å². The van der Waals surface area contributed by atoms with Crippen molar-refractivity contribution in [3.63, 3.8) is 0 Å². The van der Waals surface area contributed by atoms with Gasteiger partial charge < -0.3 is 36.7 Å². The molecule has 1 aromatic heterocycles. The molecule has 0 radical (unpaired) electrons. The highest BCUT2D eigenvalue weighted by Crippen LogP contribution is 2.21. The lowest BCUT2D eigenvalue weighted by molar-refractivity contribution is -0.480. The Kier molecular flexibility index (Phi) is 16.5. The first kappa shape index (κ1) is 42.2. The molecule has 7 N–H and O–H groups in total. The summed E-state index contributed by atoms with van der Waals surface area (Å²) in [5.41, 5.74) is 13.5. The lowest BCUT2D eigenvalue weighted by Gasteiger charge is -2.32. The number of nitrogens with two attached hydrogens (primary N) is 2. The number of aromatic nitrogens is 1. The first-order chi connectivity index (χ1) is 25.2. The number of hydrazone groups is 1. The Bertz CT molecular complexity index is 1650. The van der Waals surface area contributed by atoms with Crippen molar-refractivity contribution in [3.05, 3.63) is 82.0 Å². The van der Waals surface area contributed by atoms with E-state index in [0.29, 0.717) is 18.5 Å². The molecule has 3 rings (SSSR count). The van der Waals surface area contributed by atoms with Gasteiger partial charge in [0.15, 0.2) is 0 Å². The van der Waals surface area contributed by atoms with E-state index in [1.165, 1.54) is 0 Å². The molecule has 1 heterocycles. The molecule has 0 aliphatic rings. The van der Waals surface area contributed by atoms with Crippen molar-refractivity contribution >= 4 is 34.8 Å². The molecule has 3 atom stereocenters. The van der Waals surface area contributed by atoms with Crippen LogP contribution in [0.25, 0.3) is 10.9 Å². The van der Waals surface area contributed by atoms with E-state index in [1.54, 1.807) is 45.0 Å². The second kappa shape index (κ2) is 20.8. The number of rotatable bonds is 21. The first-order valence-corrected chi connectivity index (χ1v) is 18.3. The summed E-state index contributed by atoms with van der Waals surface area (Å²) >= 11 is 0. The van der Waals surface area contributed by atoms with Gasteiger partial charge in [-0.15, -0.1) is 5.10 Å². The number of amides is 3. The molecule has 0 aliphatic heterocycles. The fraction of sp³-hybridized carbons (Fsp3) is 0.526. The molecule has 290 valence electrons. The first-order valence-electron chi connectivity index (χ1n) is 18.3. The van der Waals surface area contributed by atoms with Gasteiger partial charge in [-0.2, -0.15) is 0 Å². The number of H-pyrrole nitrogens is 1. The van der Waals surface area contributed by atoms with E-state index in [-0.39, 0.29) is 19.3 Å². The van der Waals surface area contributed by atoms with E-state index in [4.69, 9.17) is 16.2 Å². The summed E-state index contributed by atoms with van der Waals surface area (Å²) in [6, 6.07) is 13.8. The number of guanidine groups is 1. The zero-order valence-corrected chi connectivity index (χ0v) is 31.7. The molecule has 0 fully saturated rings. The van der Waals surface area contributed by atoms with Crippen LogP contribution < -0.4 is 22.1 Å². The van der Waals surface area contributed by atoms with Crippen LogP contribution in [0, 0.1) is 10.1 Å². The molecular weight excluding hydrogens is 678 g/mol. The van der Waals surface area contributed by atoms with Crippen molar-refractivity contribution in [2.24, 2.45) is 16.6 Å².